The number of hydrogen-bond donors (Lipinski definition) is 1. The van der Waals surface area contributed by atoms with E-state index in [1.165, 1.54) is 0 Å². The fourth-order valence-corrected chi connectivity index (χ4v) is 3.44. The molecule has 0 saturated heterocycles. The molecule has 102 valence electrons. The van der Waals surface area contributed by atoms with Crippen LogP contribution in [-0.4, -0.2) is 9.38 Å². The van der Waals surface area contributed by atoms with Gasteiger partial charge in [0.25, 0.3) is 0 Å². The highest BCUT2D eigenvalue weighted by molar-refractivity contribution is 9.10. The lowest BCUT2D eigenvalue weighted by Gasteiger charge is -2.04. The summed E-state index contributed by atoms with van der Waals surface area (Å²) in [6.07, 6.45) is 3.84. The number of nitrogens with two attached hydrogens (primary N) is 1. The maximum atomic E-state index is 5.96. The van der Waals surface area contributed by atoms with Crippen molar-refractivity contribution in [3.8, 4) is 0 Å². The Morgan fingerprint density at radius 3 is 2.95 bits per heavy atom. The van der Waals surface area contributed by atoms with Gasteiger partial charge < -0.3 is 10.1 Å². The average Bonchev–Trinajstić information content (AvgIpc) is 2.81. The minimum absolute atomic E-state index is 0.699. The molecule has 2 heterocycles. The molecule has 0 spiro atoms. The molecule has 3 nitrogen and oxygen atoms in total. The molecular weight excluding hydrogens is 358 g/mol. The molecule has 0 amide bonds. The summed E-state index contributed by atoms with van der Waals surface area (Å²) in [5, 5.41) is 0.699. The molecule has 3 rings (SSSR count). The summed E-state index contributed by atoms with van der Waals surface area (Å²) in [6, 6.07) is 9.60. The standard InChI is InChI=1S/C14H11BrClN3S/c15-9-1-3-12(17)13(5-9)20-8-11-7-19-6-10(16)2-4-14(19)18-11/h1-7H,8,17H2. The van der Waals surface area contributed by atoms with Gasteiger partial charge >= 0.3 is 0 Å². The van der Waals surface area contributed by atoms with Crippen LogP contribution in [0.15, 0.2) is 52.1 Å². The van der Waals surface area contributed by atoms with Crippen LogP contribution in [0.2, 0.25) is 5.02 Å². The van der Waals surface area contributed by atoms with E-state index in [9.17, 15) is 0 Å². The van der Waals surface area contributed by atoms with E-state index in [4.69, 9.17) is 17.3 Å². The molecule has 0 atom stereocenters. The van der Waals surface area contributed by atoms with Gasteiger partial charge in [0, 0.05) is 33.2 Å². The third kappa shape index (κ3) is 2.95. The van der Waals surface area contributed by atoms with Crippen molar-refractivity contribution in [2.45, 2.75) is 10.6 Å². The molecule has 1 aromatic carbocycles. The number of aromatic nitrogens is 2. The Bertz CT molecular complexity index is 772. The van der Waals surface area contributed by atoms with Crippen molar-refractivity contribution < 1.29 is 0 Å². The van der Waals surface area contributed by atoms with Crippen molar-refractivity contribution in [2.75, 3.05) is 5.73 Å². The third-order valence-electron chi connectivity index (χ3n) is 2.82. The molecule has 20 heavy (non-hydrogen) atoms. The lowest BCUT2D eigenvalue weighted by molar-refractivity contribution is 1.18. The fraction of sp³-hybridized carbons (Fsp3) is 0.0714. The number of halogens is 2. The Balaban J connectivity index is 1.81. The second kappa shape index (κ2) is 5.68. The zero-order chi connectivity index (χ0) is 14.1. The summed E-state index contributed by atoms with van der Waals surface area (Å²) in [5.74, 6) is 0.764. The van der Waals surface area contributed by atoms with Gasteiger partial charge in [-0.05, 0) is 30.3 Å². The van der Waals surface area contributed by atoms with Gasteiger partial charge in [-0.1, -0.05) is 27.5 Å². The van der Waals surface area contributed by atoms with Gasteiger partial charge in [0.1, 0.15) is 5.65 Å². The number of nitrogens with zero attached hydrogens (tertiary/aromatic N) is 2. The molecule has 6 heteroatoms. The number of fused-ring (bicyclic) bond motifs is 1. The normalized spacial score (nSPS) is 11.1. The zero-order valence-electron chi connectivity index (χ0n) is 10.4. The average molecular weight is 369 g/mol. The van der Waals surface area contributed by atoms with E-state index in [1.54, 1.807) is 11.8 Å². The van der Waals surface area contributed by atoms with Crippen molar-refractivity contribution in [2.24, 2.45) is 0 Å². The maximum absolute atomic E-state index is 5.96. The molecule has 0 aliphatic heterocycles. The summed E-state index contributed by atoms with van der Waals surface area (Å²) in [4.78, 5) is 5.60. The van der Waals surface area contributed by atoms with Gasteiger partial charge in [-0.25, -0.2) is 4.98 Å². The van der Waals surface area contributed by atoms with Gasteiger partial charge in [-0.3, -0.25) is 0 Å². The van der Waals surface area contributed by atoms with E-state index in [-0.39, 0.29) is 0 Å². The lowest BCUT2D eigenvalue weighted by Crippen LogP contribution is -1.89. The first-order chi connectivity index (χ1) is 9.61. The van der Waals surface area contributed by atoms with Crippen molar-refractivity contribution in [1.29, 1.82) is 0 Å². The van der Waals surface area contributed by atoms with Crippen LogP contribution in [0, 0.1) is 0 Å². The SMILES string of the molecule is Nc1ccc(Br)cc1SCc1cn2cc(Cl)ccc2n1. The monoisotopic (exact) mass is 367 g/mol. The molecule has 0 unspecified atom stereocenters. The Hall–Kier alpha value is -1.17. The van der Waals surface area contributed by atoms with Crippen LogP contribution < -0.4 is 5.73 Å². The first kappa shape index (κ1) is 13.8. The van der Waals surface area contributed by atoms with Crippen LogP contribution in [0.4, 0.5) is 5.69 Å². The number of benzene rings is 1. The van der Waals surface area contributed by atoms with Gasteiger partial charge in [-0.2, -0.15) is 0 Å². The lowest BCUT2D eigenvalue weighted by atomic mass is 10.3. The van der Waals surface area contributed by atoms with Crippen molar-refractivity contribution in [1.82, 2.24) is 9.38 Å². The van der Waals surface area contributed by atoms with Crippen molar-refractivity contribution in [3.63, 3.8) is 0 Å². The third-order valence-corrected chi connectivity index (χ3v) is 4.64. The largest absolute Gasteiger partial charge is 0.398 e. The first-order valence-electron chi connectivity index (χ1n) is 5.93. The number of hydrogen-bond acceptors (Lipinski definition) is 3. The Kier molecular flexibility index (Phi) is 3.92. The molecule has 0 radical (unpaired) electrons. The highest BCUT2D eigenvalue weighted by atomic mass is 79.9. The van der Waals surface area contributed by atoms with Crippen LogP contribution in [0.1, 0.15) is 5.69 Å². The quantitative estimate of drug-likeness (QED) is 0.541. The number of anilines is 1. The van der Waals surface area contributed by atoms with Crippen molar-refractivity contribution >= 4 is 50.6 Å². The Labute approximate surface area is 134 Å². The van der Waals surface area contributed by atoms with Crippen LogP contribution in [-0.2, 0) is 5.75 Å². The predicted molar refractivity (Wildman–Crippen MR) is 88.3 cm³/mol. The molecule has 0 fully saturated rings. The summed E-state index contributed by atoms with van der Waals surface area (Å²) in [7, 11) is 0. The van der Waals surface area contributed by atoms with Crippen LogP contribution in [0.3, 0.4) is 0 Å². The Morgan fingerprint density at radius 2 is 2.10 bits per heavy atom. The van der Waals surface area contributed by atoms with Gasteiger partial charge in [0.15, 0.2) is 0 Å². The summed E-state index contributed by atoms with van der Waals surface area (Å²) >= 11 is 11.1. The van der Waals surface area contributed by atoms with E-state index in [0.717, 1.165) is 32.1 Å². The van der Waals surface area contributed by atoms with E-state index in [2.05, 4.69) is 20.9 Å². The van der Waals surface area contributed by atoms with Crippen LogP contribution >= 0.6 is 39.3 Å². The zero-order valence-corrected chi connectivity index (χ0v) is 13.5. The molecule has 0 aliphatic rings. The number of thioether (sulfide) groups is 1. The molecular formula is C14H11BrClN3S. The van der Waals surface area contributed by atoms with E-state index in [1.807, 2.05) is 47.1 Å². The minimum atomic E-state index is 0.699. The second-order valence-corrected chi connectivity index (χ2v) is 6.69. The van der Waals surface area contributed by atoms with Crippen LogP contribution in [0.5, 0.6) is 0 Å². The summed E-state index contributed by atoms with van der Waals surface area (Å²) in [6.45, 7) is 0. The number of rotatable bonds is 3. The molecule has 3 aromatic rings. The topological polar surface area (TPSA) is 43.3 Å². The van der Waals surface area contributed by atoms with E-state index in [0.29, 0.717) is 5.02 Å². The molecule has 0 bridgehead atoms. The number of nitrogen functional groups attached to an aromatic ring is 1. The first-order valence-corrected chi connectivity index (χ1v) is 8.08. The van der Waals surface area contributed by atoms with Gasteiger partial charge in [-0.15, -0.1) is 11.8 Å². The van der Waals surface area contributed by atoms with E-state index >= 15 is 0 Å². The number of pyridine rings is 1. The highest BCUT2D eigenvalue weighted by Crippen LogP contribution is 2.30. The van der Waals surface area contributed by atoms with Crippen molar-refractivity contribution in [3.05, 3.63) is 57.9 Å². The summed E-state index contributed by atoms with van der Waals surface area (Å²) < 4.78 is 2.96. The minimum Gasteiger partial charge on any atom is -0.398 e. The molecule has 2 aromatic heterocycles. The fourth-order valence-electron chi connectivity index (χ4n) is 1.87. The Morgan fingerprint density at radius 1 is 1.25 bits per heavy atom. The second-order valence-electron chi connectivity index (χ2n) is 4.32. The molecule has 2 N–H and O–H groups in total. The van der Waals surface area contributed by atoms with Gasteiger partial charge in [0.05, 0.1) is 10.7 Å². The predicted octanol–water partition coefficient (Wildman–Crippen LogP) is 4.62. The molecule has 0 saturated carbocycles. The molecule has 0 aliphatic carbocycles. The number of imidazole rings is 1. The van der Waals surface area contributed by atoms with Gasteiger partial charge in [0.2, 0.25) is 0 Å². The van der Waals surface area contributed by atoms with E-state index < -0.39 is 0 Å². The maximum Gasteiger partial charge on any atom is 0.137 e. The highest BCUT2D eigenvalue weighted by Gasteiger charge is 2.05. The van der Waals surface area contributed by atoms with Crippen LogP contribution in [0.25, 0.3) is 5.65 Å². The summed E-state index contributed by atoms with van der Waals surface area (Å²) in [5.41, 5.74) is 8.64. The smallest absolute Gasteiger partial charge is 0.137 e.